The van der Waals surface area contributed by atoms with Gasteiger partial charge in [0.05, 0.1) is 0 Å². The minimum Gasteiger partial charge on any atom is -0.480 e. The van der Waals surface area contributed by atoms with E-state index in [9.17, 15) is 9.59 Å². The molecule has 0 aromatic heterocycles. The Kier molecular flexibility index (Phi) is 4.99. The number of likely N-dealkylation sites (tertiary alicyclic amines) is 1. The van der Waals surface area contributed by atoms with Crippen molar-refractivity contribution < 1.29 is 14.7 Å². The molecule has 1 rings (SSSR count). The third-order valence-corrected chi connectivity index (χ3v) is 3.80. The van der Waals surface area contributed by atoms with Crippen LogP contribution >= 0.6 is 0 Å². The molecular formula is C13H24N2O3. The standard InChI is InChI=1S/C13H24N2O3/c1-5-9(3)11(12(16)17)14-13(18)15-7-8(2)6-10(15)4/h8-11H,5-7H2,1-4H3,(H,14,18)(H,16,17)/t8?,9-,10?,11-/m0/s1. The molecule has 2 N–H and O–H groups in total. The maximum Gasteiger partial charge on any atom is 0.326 e. The van der Waals surface area contributed by atoms with E-state index < -0.39 is 12.0 Å². The predicted molar refractivity (Wildman–Crippen MR) is 69.4 cm³/mol. The molecule has 0 aliphatic carbocycles. The number of nitrogens with zero attached hydrogens (tertiary/aromatic N) is 1. The van der Waals surface area contributed by atoms with Crippen molar-refractivity contribution in [1.29, 1.82) is 0 Å². The van der Waals surface area contributed by atoms with Crippen LogP contribution in [-0.2, 0) is 4.79 Å². The van der Waals surface area contributed by atoms with Crippen molar-refractivity contribution in [3.05, 3.63) is 0 Å². The number of carbonyl (C=O) groups is 2. The summed E-state index contributed by atoms with van der Waals surface area (Å²) in [6, 6.07) is -0.864. The summed E-state index contributed by atoms with van der Waals surface area (Å²) in [5, 5.41) is 11.8. The smallest absolute Gasteiger partial charge is 0.326 e. The molecule has 4 atom stereocenters. The van der Waals surface area contributed by atoms with Crippen molar-refractivity contribution in [2.24, 2.45) is 11.8 Å². The fourth-order valence-corrected chi connectivity index (χ4v) is 2.48. The number of hydrogen-bond donors (Lipinski definition) is 2. The quantitative estimate of drug-likeness (QED) is 0.807. The summed E-state index contributed by atoms with van der Waals surface area (Å²) in [5.74, 6) is -0.544. The van der Waals surface area contributed by atoms with Crippen LogP contribution in [0.25, 0.3) is 0 Å². The molecule has 0 radical (unpaired) electrons. The van der Waals surface area contributed by atoms with Crippen molar-refractivity contribution in [2.75, 3.05) is 6.54 Å². The molecule has 1 aliphatic heterocycles. The van der Waals surface area contributed by atoms with Gasteiger partial charge >= 0.3 is 12.0 Å². The first kappa shape index (κ1) is 14.8. The highest BCUT2D eigenvalue weighted by Crippen LogP contribution is 2.22. The second-order valence-electron chi connectivity index (χ2n) is 5.49. The number of nitrogens with one attached hydrogen (secondary N) is 1. The summed E-state index contributed by atoms with van der Waals surface area (Å²) in [6.45, 7) is 8.58. The highest BCUT2D eigenvalue weighted by atomic mass is 16.4. The average molecular weight is 256 g/mol. The first-order chi connectivity index (χ1) is 8.36. The van der Waals surface area contributed by atoms with Crippen LogP contribution in [0.3, 0.4) is 0 Å². The van der Waals surface area contributed by atoms with Crippen LogP contribution < -0.4 is 5.32 Å². The van der Waals surface area contributed by atoms with E-state index in [-0.39, 0.29) is 18.0 Å². The van der Waals surface area contributed by atoms with E-state index in [2.05, 4.69) is 12.2 Å². The van der Waals surface area contributed by atoms with Crippen LogP contribution in [-0.4, -0.2) is 40.6 Å². The van der Waals surface area contributed by atoms with Gasteiger partial charge in [0.2, 0.25) is 0 Å². The lowest BCUT2D eigenvalue weighted by Crippen LogP contribution is -2.51. The molecule has 5 heteroatoms. The van der Waals surface area contributed by atoms with Crippen molar-refractivity contribution in [2.45, 2.75) is 52.6 Å². The van der Waals surface area contributed by atoms with Gasteiger partial charge in [0.1, 0.15) is 6.04 Å². The van der Waals surface area contributed by atoms with Crippen LogP contribution in [0.2, 0.25) is 0 Å². The molecule has 1 saturated heterocycles. The molecule has 0 aromatic carbocycles. The highest BCUT2D eigenvalue weighted by molar-refractivity contribution is 5.83. The number of carbonyl (C=O) groups excluding carboxylic acids is 1. The highest BCUT2D eigenvalue weighted by Gasteiger charge is 2.33. The van der Waals surface area contributed by atoms with Gasteiger partial charge in [-0.3, -0.25) is 0 Å². The topological polar surface area (TPSA) is 69.6 Å². The third-order valence-electron chi connectivity index (χ3n) is 3.80. The van der Waals surface area contributed by atoms with Crippen LogP contribution in [0.1, 0.15) is 40.5 Å². The zero-order valence-corrected chi connectivity index (χ0v) is 11.6. The molecule has 2 amide bonds. The van der Waals surface area contributed by atoms with Gasteiger partial charge in [-0.2, -0.15) is 0 Å². The summed E-state index contributed by atoms with van der Waals surface area (Å²) in [6.07, 6.45) is 1.71. The van der Waals surface area contributed by atoms with Crippen molar-refractivity contribution in [3.8, 4) is 0 Å². The van der Waals surface area contributed by atoms with Gasteiger partial charge in [0.15, 0.2) is 0 Å². The molecule has 0 aromatic rings. The number of hydrogen-bond acceptors (Lipinski definition) is 2. The second kappa shape index (κ2) is 6.07. The molecule has 18 heavy (non-hydrogen) atoms. The van der Waals surface area contributed by atoms with Gasteiger partial charge in [0.25, 0.3) is 0 Å². The Morgan fingerprint density at radius 2 is 2.06 bits per heavy atom. The molecule has 0 bridgehead atoms. The maximum atomic E-state index is 12.1. The van der Waals surface area contributed by atoms with E-state index in [0.29, 0.717) is 12.5 Å². The van der Waals surface area contributed by atoms with Crippen molar-refractivity contribution in [1.82, 2.24) is 10.2 Å². The summed E-state index contributed by atoms with van der Waals surface area (Å²) < 4.78 is 0. The fourth-order valence-electron chi connectivity index (χ4n) is 2.48. The Hall–Kier alpha value is -1.26. The minimum atomic E-state index is -0.961. The Labute approximate surface area is 109 Å². The van der Waals surface area contributed by atoms with Gasteiger partial charge in [-0.1, -0.05) is 27.2 Å². The van der Waals surface area contributed by atoms with Gasteiger partial charge in [-0.05, 0) is 25.2 Å². The fraction of sp³-hybridized carbons (Fsp3) is 0.846. The second-order valence-corrected chi connectivity index (χ2v) is 5.49. The zero-order valence-electron chi connectivity index (χ0n) is 11.6. The van der Waals surface area contributed by atoms with E-state index in [4.69, 9.17) is 5.11 Å². The summed E-state index contributed by atoms with van der Waals surface area (Å²) in [7, 11) is 0. The number of rotatable bonds is 4. The number of carboxylic acid groups (broad SMARTS) is 1. The lowest BCUT2D eigenvalue weighted by atomic mass is 9.99. The monoisotopic (exact) mass is 256 g/mol. The Morgan fingerprint density at radius 3 is 2.44 bits per heavy atom. The van der Waals surface area contributed by atoms with E-state index in [1.165, 1.54) is 0 Å². The van der Waals surface area contributed by atoms with Crippen molar-refractivity contribution in [3.63, 3.8) is 0 Å². The Balaban J connectivity index is 2.64. The molecule has 5 nitrogen and oxygen atoms in total. The molecule has 1 heterocycles. The number of aliphatic carboxylic acids is 1. The molecule has 1 aliphatic rings. The molecule has 2 unspecified atom stereocenters. The van der Waals surface area contributed by atoms with Gasteiger partial charge in [-0.15, -0.1) is 0 Å². The van der Waals surface area contributed by atoms with Crippen LogP contribution in [0.5, 0.6) is 0 Å². The third kappa shape index (κ3) is 3.37. The Morgan fingerprint density at radius 1 is 1.44 bits per heavy atom. The van der Waals surface area contributed by atoms with Gasteiger partial charge in [-0.25, -0.2) is 9.59 Å². The number of amides is 2. The molecular weight excluding hydrogens is 232 g/mol. The number of carboxylic acids is 1. The number of urea groups is 1. The summed E-state index contributed by atoms with van der Waals surface area (Å²) in [4.78, 5) is 25.0. The van der Waals surface area contributed by atoms with Crippen molar-refractivity contribution >= 4 is 12.0 Å². The summed E-state index contributed by atoms with van der Waals surface area (Å²) in [5.41, 5.74) is 0. The minimum absolute atomic E-state index is 0.0678. The molecule has 1 fully saturated rings. The zero-order chi connectivity index (χ0) is 13.9. The van der Waals surface area contributed by atoms with E-state index in [1.807, 2.05) is 20.8 Å². The Bertz CT molecular complexity index is 319. The van der Waals surface area contributed by atoms with Gasteiger partial charge < -0.3 is 15.3 Å². The van der Waals surface area contributed by atoms with Crippen LogP contribution in [0.4, 0.5) is 4.79 Å². The SMILES string of the molecule is CC[C@H](C)[C@H](NC(=O)N1CC(C)CC1C)C(=O)O. The van der Waals surface area contributed by atoms with E-state index in [1.54, 1.807) is 4.90 Å². The van der Waals surface area contributed by atoms with E-state index in [0.717, 1.165) is 12.8 Å². The first-order valence-electron chi connectivity index (χ1n) is 6.66. The van der Waals surface area contributed by atoms with E-state index >= 15 is 0 Å². The maximum absolute atomic E-state index is 12.1. The molecule has 0 saturated carbocycles. The molecule has 104 valence electrons. The first-order valence-corrected chi connectivity index (χ1v) is 6.66. The van der Waals surface area contributed by atoms with Gasteiger partial charge in [0, 0.05) is 12.6 Å². The largest absolute Gasteiger partial charge is 0.480 e. The lowest BCUT2D eigenvalue weighted by molar-refractivity contribution is -0.140. The lowest BCUT2D eigenvalue weighted by Gasteiger charge is -2.26. The predicted octanol–water partition coefficient (Wildman–Crippen LogP) is 1.93. The summed E-state index contributed by atoms with van der Waals surface area (Å²) >= 11 is 0. The average Bonchev–Trinajstić information content (AvgIpc) is 2.63. The molecule has 0 spiro atoms. The normalized spacial score (nSPS) is 26.8. The van der Waals surface area contributed by atoms with Crippen LogP contribution in [0, 0.1) is 11.8 Å². The van der Waals surface area contributed by atoms with Crippen LogP contribution in [0.15, 0.2) is 0 Å².